The predicted octanol–water partition coefficient (Wildman–Crippen LogP) is 2.83. The van der Waals surface area contributed by atoms with Gasteiger partial charge in [-0.3, -0.25) is 0 Å². The molecule has 0 atom stereocenters. The second kappa shape index (κ2) is 5.76. The van der Waals surface area contributed by atoms with E-state index < -0.39 is 10.1 Å². The predicted molar refractivity (Wildman–Crippen MR) is 74.8 cm³/mol. The maximum atomic E-state index is 12.0. The van der Waals surface area contributed by atoms with Crippen LogP contribution in [0.15, 0.2) is 53.4 Å². The number of hydrogen-bond donors (Lipinski definition) is 0. The first-order valence-corrected chi connectivity index (χ1v) is 7.39. The van der Waals surface area contributed by atoms with Crippen molar-refractivity contribution in [3.05, 3.63) is 59.7 Å². The number of benzene rings is 2. The van der Waals surface area contributed by atoms with Gasteiger partial charge in [0.05, 0.1) is 12.5 Å². The summed E-state index contributed by atoms with van der Waals surface area (Å²) in [5, 5.41) is 8.57. The molecular weight excluding hydrogens is 274 g/mol. The summed E-state index contributed by atoms with van der Waals surface area (Å²) < 4.78 is 29.1. The summed E-state index contributed by atoms with van der Waals surface area (Å²) in [6.45, 7) is 1.88. The van der Waals surface area contributed by atoms with Gasteiger partial charge in [0, 0.05) is 0 Å². The zero-order chi connectivity index (χ0) is 14.6. The Morgan fingerprint density at radius 1 is 1.05 bits per heavy atom. The van der Waals surface area contributed by atoms with E-state index in [1.165, 1.54) is 12.1 Å². The largest absolute Gasteiger partial charge is 0.379 e. The maximum Gasteiger partial charge on any atom is 0.339 e. The van der Waals surface area contributed by atoms with E-state index in [1.54, 1.807) is 36.4 Å². The fraction of sp³-hybridized carbons (Fsp3) is 0.133. The van der Waals surface area contributed by atoms with E-state index in [9.17, 15) is 8.42 Å². The molecule has 2 aromatic rings. The third-order valence-corrected chi connectivity index (χ3v) is 3.98. The molecule has 0 aliphatic carbocycles. The molecule has 20 heavy (non-hydrogen) atoms. The van der Waals surface area contributed by atoms with Crippen LogP contribution < -0.4 is 4.18 Å². The average molecular weight is 287 g/mol. The molecule has 0 N–H and O–H groups in total. The first kappa shape index (κ1) is 14.1. The van der Waals surface area contributed by atoms with Crippen LogP contribution in [-0.4, -0.2) is 8.42 Å². The molecule has 0 spiro atoms. The lowest BCUT2D eigenvalue weighted by atomic mass is 10.2. The highest BCUT2D eigenvalue weighted by molar-refractivity contribution is 7.87. The van der Waals surface area contributed by atoms with E-state index in [4.69, 9.17) is 9.44 Å². The highest BCUT2D eigenvalue weighted by Crippen LogP contribution is 2.19. The summed E-state index contributed by atoms with van der Waals surface area (Å²) in [6.07, 6.45) is 0.283. The topological polar surface area (TPSA) is 67.2 Å². The monoisotopic (exact) mass is 287 g/mol. The maximum absolute atomic E-state index is 12.0. The molecule has 0 saturated heterocycles. The van der Waals surface area contributed by atoms with Crippen LogP contribution in [0.4, 0.5) is 0 Å². The van der Waals surface area contributed by atoms with Gasteiger partial charge >= 0.3 is 10.1 Å². The lowest BCUT2D eigenvalue weighted by Gasteiger charge is -2.07. The Balaban J connectivity index is 2.20. The lowest BCUT2D eigenvalue weighted by molar-refractivity contribution is 0.486. The third kappa shape index (κ3) is 3.37. The van der Waals surface area contributed by atoms with Gasteiger partial charge in [-0.25, -0.2) is 0 Å². The van der Waals surface area contributed by atoms with E-state index in [-0.39, 0.29) is 17.1 Å². The van der Waals surface area contributed by atoms with Crippen LogP contribution in [0.5, 0.6) is 5.75 Å². The zero-order valence-electron chi connectivity index (χ0n) is 10.9. The smallest absolute Gasteiger partial charge is 0.339 e. The van der Waals surface area contributed by atoms with Crippen molar-refractivity contribution >= 4 is 10.1 Å². The molecular formula is C15H13NO3S. The van der Waals surface area contributed by atoms with Crippen molar-refractivity contribution in [2.75, 3.05) is 0 Å². The minimum absolute atomic E-state index is 0.115. The minimum atomic E-state index is -3.82. The van der Waals surface area contributed by atoms with Gasteiger partial charge in [-0.15, -0.1) is 0 Å². The Bertz CT molecular complexity index is 726. The molecule has 0 bridgehead atoms. The van der Waals surface area contributed by atoms with E-state index in [0.717, 1.165) is 11.1 Å². The van der Waals surface area contributed by atoms with Gasteiger partial charge in [0.25, 0.3) is 0 Å². The molecule has 0 aromatic heterocycles. The second-order valence-electron chi connectivity index (χ2n) is 4.33. The molecule has 2 aromatic carbocycles. The van der Waals surface area contributed by atoms with Crippen molar-refractivity contribution < 1.29 is 12.6 Å². The second-order valence-corrected chi connectivity index (χ2v) is 5.88. The molecule has 0 aliphatic heterocycles. The van der Waals surface area contributed by atoms with Crippen LogP contribution in [0.3, 0.4) is 0 Å². The molecule has 0 saturated carbocycles. The minimum Gasteiger partial charge on any atom is -0.379 e. The molecule has 0 aliphatic rings. The molecule has 4 nitrogen and oxygen atoms in total. The van der Waals surface area contributed by atoms with Crippen LogP contribution in [0, 0.1) is 18.3 Å². The van der Waals surface area contributed by atoms with Gasteiger partial charge in [0.1, 0.15) is 10.6 Å². The van der Waals surface area contributed by atoms with Crippen LogP contribution in [0.25, 0.3) is 0 Å². The summed E-state index contributed by atoms with van der Waals surface area (Å²) >= 11 is 0. The summed E-state index contributed by atoms with van der Waals surface area (Å²) in [4.78, 5) is 0.115. The van der Waals surface area contributed by atoms with Gasteiger partial charge in [-0.1, -0.05) is 29.8 Å². The van der Waals surface area contributed by atoms with Crippen molar-refractivity contribution in [1.29, 1.82) is 5.26 Å². The first-order valence-electron chi connectivity index (χ1n) is 5.98. The van der Waals surface area contributed by atoms with Gasteiger partial charge in [0.15, 0.2) is 0 Å². The third-order valence-electron chi connectivity index (χ3n) is 2.72. The molecule has 0 amide bonds. The Morgan fingerprint density at radius 3 is 2.20 bits per heavy atom. The van der Waals surface area contributed by atoms with Gasteiger partial charge < -0.3 is 4.18 Å². The van der Waals surface area contributed by atoms with Gasteiger partial charge in [-0.05, 0) is 36.8 Å². The molecule has 0 radical (unpaired) electrons. The number of rotatable bonds is 4. The van der Waals surface area contributed by atoms with E-state index in [2.05, 4.69) is 0 Å². The number of hydrogen-bond acceptors (Lipinski definition) is 4. The molecule has 102 valence electrons. The summed E-state index contributed by atoms with van der Waals surface area (Å²) in [5.74, 6) is 0.229. The summed E-state index contributed by atoms with van der Waals surface area (Å²) in [7, 11) is -3.82. The van der Waals surface area contributed by atoms with E-state index >= 15 is 0 Å². The Kier molecular flexibility index (Phi) is 4.06. The standard InChI is InChI=1S/C15H13NO3S/c1-12-2-8-15(9-3-12)20(17,18)19-14-6-4-13(5-7-14)10-11-16/h2-9H,10H2,1H3. The molecule has 0 heterocycles. The SMILES string of the molecule is Cc1ccc(S(=O)(=O)Oc2ccc(CC#N)cc2)cc1. The van der Waals surface area contributed by atoms with Crippen molar-refractivity contribution in [1.82, 2.24) is 0 Å². The van der Waals surface area contributed by atoms with E-state index in [0.29, 0.717) is 0 Å². The van der Waals surface area contributed by atoms with Gasteiger partial charge in [-0.2, -0.15) is 13.7 Å². The van der Waals surface area contributed by atoms with Crippen molar-refractivity contribution in [2.45, 2.75) is 18.2 Å². The van der Waals surface area contributed by atoms with Crippen molar-refractivity contribution in [3.8, 4) is 11.8 Å². The van der Waals surface area contributed by atoms with Crippen LogP contribution in [0.2, 0.25) is 0 Å². The number of aryl methyl sites for hydroxylation is 1. The van der Waals surface area contributed by atoms with Gasteiger partial charge in [0.2, 0.25) is 0 Å². The fourth-order valence-electron chi connectivity index (χ4n) is 1.63. The molecule has 5 heteroatoms. The highest BCUT2D eigenvalue weighted by Gasteiger charge is 2.16. The molecule has 0 unspecified atom stereocenters. The highest BCUT2D eigenvalue weighted by atomic mass is 32.2. The Morgan fingerprint density at radius 2 is 1.65 bits per heavy atom. The molecule has 2 rings (SSSR count). The number of nitriles is 1. The summed E-state index contributed by atoms with van der Waals surface area (Å²) in [6, 6.07) is 14.9. The van der Waals surface area contributed by atoms with Crippen LogP contribution in [0.1, 0.15) is 11.1 Å². The normalized spacial score (nSPS) is 10.8. The average Bonchev–Trinajstić information content (AvgIpc) is 2.41. The Labute approximate surface area is 118 Å². The zero-order valence-corrected chi connectivity index (χ0v) is 11.7. The van der Waals surface area contributed by atoms with Crippen molar-refractivity contribution in [2.24, 2.45) is 0 Å². The number of nitrogens with zero attached hydrogens (tertiary/aromatic N) is 1. The first-order chi connectivity index (χ1) is 9.51. The van der Waals surface area contributed by atoms with Crippen LogP contribution >= 0.6 is 0 Å². The molecule has 0 fully saturated rings. The fourth-order valence-corrected chi connectivity index (χ4v) is 2.56. The van der Waals surface area contributed by atoms with E-state index in [1.807, 2.05) is 13.0 Å². The van der Waals surface area contributed by atoms with Crippen LogP contribution in [-0.2, 0) is 16.5 Å². The van der Waals surface area contributed by atoms with Crippen molar-refractivity contribution in [3.63, 3.8) is 0 Å². The Hall–Kier alpha value is -2.32. The quantitative estimate of drug-likeness (QED) is 0.811. The lowest BCUT2D eigenvalue weighted by Crippen LogP contribution is -2.09. The summed E-state index contributed by atoms with van der Waals surface area (Å²) in [5.41, 5.74) is 1.79.